The number of nitrogens with zero attached hydrogens (tertiary/aromatic N) is 2. The lowest BCUT2D eigenvalue weighted by Gasteiger charge is -2.34. The van der Waals surface area contributed by atoms with Crippen molar-refractivity contribution in [2.45, 2.75) is 52.6 Å². The summed E-state index contributed by atoms with van der Waals surface area (Å²) in [7, 11) is 0. The molecule has 0 unspecified atom stereocenters. The van der Waals surface area contributed by atoms with Crippen molar-refractivity contribution in [3.63, 3.8) is 0 Å². The molecule has 1 saturated heterocycles. The largest absolute Gasteiger partial charge is 0.378 e. The lowest BCUT2D eigenvalue weighted by atomic mass is 10.1. The minimum absolute atomic E-state index is 0.0801. The predicted molar refractivity (Wildman–Crippen MR) is 90.1 cm³/mol. The average molecular weight is 312 g/mol. The van der Waals surface area contributed by atoms with Crippen molar-refractivity contribution in [1.82, 2.24) is 15.5 Å². The summed E-state index contributed by atoms with van der Waals surface area (Å²) in [5, 5.41) is 6.20. The van der Waals surface area contributed by atoms with Crippen LogP contribution in [-0.4, -0.2) is 62.2 Å². The van der Waals surface area contributed by atoms with Crippen molar-refractivity contribution in [3.05, 3.63) is 0 Å². The number of carbonyl (C=O) groups excluding carboxylic acids is 1. The third-order valence-electron chi connectivity index (χ3n) is 3.65. The van der Waals surface area contributed by atoms with Crippen LogP contribution in [0.25, 0.3) is 0 Å². The molecule has 1 amide bonds. The highest BCUT2D eigenvalue weighted by Crippen LogP contribution is 2.13. The van der Waals surface area contributed by atoms with E-state index in [-0.39, 0.29) is 5.91 Å². The maximum Gasteiger partial charge on any atom is 0.221 e. The Kier molecular flexibility index (Phi) is 9.62. The number of rotatable bonds is 8. The molecule has 0 saturated carbocycles. The zero-order chi connectivity index (χ0) is 16.2. The molecule has 6 nitrogen and oxygen atoms in total. The minimum Gasteiger partial charge on any atom is -0.378 e. The van der Waals surface area contributed by atoms with Crippen molar-refractivity contribution in [1.29, 1.82) is 0 Å². The van der Waals surface area contributed by atoms with Gasteiger partial charge in [-0.05, 0) is 33.1 Å². The summed E-state index contributed by atoms with van der Waals surface area (Å²) in [6, 6.07) is 0. The number of piperidine rings is 1. The summed E-state index contributed by atoms with van der Waals surface area (Å²) in [6.45, 7) is 11.0. The number of hydrogen-bond donors (Lipinski definition) is 2. The van der Waals surface area contributed by atoms with E-state index in [1.807, 2.05) is 13.8 Å². The van der Waals surface area contributed by atoms with E-state index in [1.54, 1.807) is 0 Å². The van der Waals surface area contributed by atoms with Crippen LogP contribution in [-0.2, 0) is 9.53 Å². The number of nitrogens with one attached hydrogen (secondary N) is 2. The molecular formula is C16H32N4O2. The van der Waals surface area contributed by atoms with Crippen LogP contribution < -0.4 is 10.6 Å². The zero-order valence-corrected chi connectivity index (χ0v) is 14.4. The van der Waals surface area contributed by atoms with Gasteiger partial charge in [-0.3, -0.25) is 9.79 Å². The monoisotopic (exact) mass is 312 g/mol. The number of carbonyl (C=O) groups is 1. The van der Waals surface area contributed by atoms with E-state index in [0.29, 0.717) is 19.1 Å². The highest BCUT2D eigenvalue weighted by molar-refractivity contribution is 5.81. The van der Waals surface area contributed by atoms with Gasteiger partial charge in [0.15, 0.2) is 5.96 Å². The Labute approximate surface area is 134 Å². The van der Waals surface area contributed by atoms with E-state index < -0.39 is 0 Å². The fourth-order valence-corrected chi connectivity index (χ4v) is 2.51. The van der Waals surface area contributed by atoms with Gasteiger partial charge in [0.25, 0.3) is 0 Å². The molecule has 1 rings (SSSR count). The standard InChI is InChI=1S/C16H32N4O2/c1-4-10-18-15(21)7-11-19-16(17-5-2)20-12-8-14(9-13-20)22-6-3/h14H,4-13H2,1-3H3,(H,17,19)(H,18,21). The molecule has 1 fully saturated rings. The van der Waals surface area contributed by atoms with Crippen LogP contribution in [0.1, 0.15) is 46.5 Å². The van der Waals surface area contributed by atoms with Crippen LogP contribution in [0.5, 0.6) is 0 Å². The van der Waals surface area contributed by atoms with Gasteiger partial charge in [-0.2, -0.15) is 0 Å². The van der Waals surface area contributed by atoms with E-state index in [4.69, 9.17) is 4.74 Å². The second-order valence-electron chi connectivity index (χ2n) is 5.48. The highest BCUT2D eigenvalue weighted by Gasteiger charge is 2.21. The summed E-state index contributed by atoms with van der Waals surface area (Å²) >= 11 is 0. The summed E-state index contributed by atoms with van der Waals surface area (Å²) in [4.78, 5) is 18.5. The second-order valence-corrected chi connectivity index (χ2v) is 5.48. The predicted octanol–water partition coefficient (Wildman–Crippen LogP) is 1.37. The van der Waals surface area contributed by atoms with Gasteiger partial charge in [-0.25, -0.2) is 0 Å². The van der Waals surface area contributed by atoms with Gasteiger partial charge in [0, 0.05) is 39.2 Å². The first-order valence-corrected chi connectivity index (χ1v) is 8.62. The first-order chi connectivity index (χ1) is 10.7. The first kappa shape index (κ1) is 18.7. The second kappa shape index (κ2) is 11.3. The fourth-order valence-electron chi connectivity index (χ4n) is 2.51. The maximum absolute atomic E-state index is 11.6. The number of ether oxygens (including phenoxy) is 1. The van der Waals surface area contributed by atoms with Gasteiger partial charge >= 0.3 is 0 Å². The Morgan fingerprint density at radius 3 is 2.55 bits per heavy atom. The summed E-state index contributed by atoms with van der Waals surface area (Å²) in [6.07, 6.45) is 3.87. The van der Waals surface area contributed by atoms with E-state index in [1.165, 1.54) is 0 Å². The number of amides is 1. The quantitative estimate of drug-likeness (QED) is 0.525. The van der Waals surface area contributed by atoms with Gasteiger partial charge in [-0.15, -0.1) is 0 Å². The Morgan fingerprint density at radius 2 is 1.95 bits per heavy atom. The topological polar surface area (TPSA) is 66.0 Å². The zero-order valence-electron chi connectivity index (χ0n) is 14.4. The molecule has 6 heteroatoms. The normalized spacial score (nSPS) is 16.7. The van der Waals surface area contributed by atoms with Gasteiger partial charge < -0.3 is 20.3 Å². The Hall–Kier alpha value is -1.30. The van der Waals surface area contributed by atoms with Gasteiger partial charge in [0.1, 0.15) is 0 Å². The molecule has 1 aliphatic rings. The molecule has 0 aromatic carbocycles. The number of guanidine groups is 1. The van der Waals surface area contributed by atoms with E-state index >= 15 is 0 Å². The van der Waals surface area contributed by atoms with Crippen LogP contribution >= 0.6 is 0 Å². The molecule has 0 aromatic heterocycles. The molecular weight excluding hydrogens is 280 g/mol. The van der Waals surface area contributed by atoms with Gasteiger partial charge in [-0.1, -0.05) is 6.92 Å². The van der Waals surface area contributed by atoms with Crippen LogP contribution in [0.15, 0.2) is 4.99 Å². The lowest BCUT2D eigenvalue weighted by molar-refractivity contribution is -0.120. The summed E-state index contributed by atoms with van der Waals surface area (Å²) in [5.74, 6) is 0.997. The molecule has 1 heterocycles. The number of aliphatic imine (C=N–C) groups is 1. The van der Waals surface area contributed by atoms with Crippen molar-refractivity contribution in [2.24, 2.45) is 4.99 Å². The molecule has 0 aliphatic carbocycles. The summed E-state index contributed by atoms with van der Waals surface area (Å²) < 4.78 is 5.68. The smallest absolute Gasteiger partial charge is 0.221 e. The van der Waals surface area contributed by atoms with Crippen LogP contribution in [0.2, 0.25) is 0 Å². The molecule has 128 valence electrons. The number of hydrogen-bond acceptors (Lipinski definition) is 3. The molecule has 0 aromatic rings. The summed E-state index contributed by atoms with van der Waals surface area (Å²) in [5.41, 5.74) is 0. The van der Waals surface area contributed by atoms with Crippen molar-refractivity contribution >= 4 is 11.9 Å². The van der Waals surface area contributed by atoms with E-state index in [9.17, 15) is 4.79 Å². The Balaban J connectivity index is 2.40. The van der Waals surface area contributed by atoms with Crippen molar-refractivity contribution in [2.75, 3.05) is 39.3 Å². The van der Waals surface area contributed by atoms with E-state index in [2.05, 4.69) is 27.4 Å². The maximum atomic E-state index is 11.6. The molecule has 1 aliphatic heterocycles. The molecule has 2 N–H and O–H groups in total. The third kappa shape index (κ3) is 7.11. The van der Waals surface area contributed by atoms with Gasteiger partial charge in [0.05, 0.1) is 12.6 Å². The van der Waals surface area contributed by atoms with Crippen molar-refractivity contribution < 1.29 is 9.53 Å². The van der Waals surface area contributed by atoms with Crippen LogP contribution in [0.4, 0.5) is 0 Å². The molecule has 0 atom stereocenters. The lowest BCUT2D eigenvalue weighted by Crippen LogP contribution is -2.47. The molecule has 0 spiro atoms. The Morgan fingerprint density at radius 1 is 1.23 bits per heavy atom. The minimum atomic E-state index is 0.0801. The van der Waals surface area contributed by atoms with E-state index in [0.717, 1.165) is 58.0 Å². The third-order valence-corrected chi connectivity index (χ3v) is 3.65. The van der Waals surface area contributed by atoms with Crippen molar-refractivity contribution in [3.8, 4) is 0 Å². The number of likely N-dealkylation sites (tertiary alicyclic amines) is 1. The fraction of sp³-hybridized carbons (Fsp3) is 0.875. The van der Waals surface area contributed by atoms with Crippen LogP contribution in [0.3, 0.4) is 0 Å². The van der Waals surface area contributed by atoms with Crippen LogP contribution in [0, 0.1) is 0 Å². The van der Waals surface area contributed by atoms with Gasteiger partial charge in [0.2, 0.25) is 5.91 Å². The molecule has 22 heavy (non-hydrogen) atoms. The molecule has 0 bridgehead atoms. The highest BCUT2D eigenvalue weighted by atomic mass is 16.5. The average Bonchev–Trinajstić information content (AvgIpc) is 2.53. The Bertz CT molecular complexity index is 339. The SMILES string of the molecule is CCCNC(=O)CCN=C(NCC)N1CCC(OCC)CC1. The molecule has 0 radical (unpaired) electrons. The first-order valence-electron chi connectivity index (χ1n) is 8.62.